The maximum atomic E-state index is 12.3. The molecule has 0 spiro atoms. The van der Waals surface area contributed by atoms with Crippen LogP contribution < -0.4 is 5.32 Å². The van der Waals surface area contributed by atoms with E-state index in [0.29, 0.717) is 0 Å². The van der Waals surface area contributed by atoms with Crippen LogP contribution in [0.3, 0.4) is 0 Å². The molecule has 0 aromatic carbocycles. The molecule has 1 unspecified atom stereocenters. The molecule has 0 aliphatic carbocycles. The van der Waals surface area contributed by atoms with Crippen molar-refractivity contribution in [3.63, 3.8) is 0 Å². The monoisotopic (exact) mass is 249 g/mol. The summed E-state index contributed by atoms with van der Waals surface area (Å²) in [6.07, 6.45) is -6.00. The van der Waals surface area contributed by atoms with Gasteiger partial charge in [-0.1, -0.05) is 6.92 Å². The number of carboxylic acid groups (broad SMARTS) is 1. The van der Waals surface area contributed by atoms with Gasteiger partial charge in [-0.05, 0) is 0 Å². The second-order valence-corrected chi connectivity index (χ2v) is 3.02. The Balaban J connectivity index is 4.44. The molecular formula is C7H8F5NO3. The quantitative estimate of drug-likeness (QED) is 0.731. The highest BCUT2D eigenvalue weighted by Gasteiger charge is 2.63. The highest BCUT2D eigenvalue weighted by atomic mass is 19.4. The summed E-state index contributed by atoms with van der Waals surface area (Å²) in [7, 11) is 0. The Kier molecular flexibility index (Phi) is 4.21. The number of carbonyl (C=O) groups is 2. The molecule has 94 valence electrons. The summed E-state index contributed by atoms with van der Waals surface area (Å²) >= 11 is 0. The summed E-state index contributed by atoms with van der Waals surface area (Å²) in [6, 6.07) is 0. The van der Waals surface area contributed by atoms with Gasteiger partial charge in [-0.25, -0.2) is 0 Å². The summed E-state index contributed by atoms with van der Waals surface area (Å²) in [5.41, 5.74) is 0. The van der Waals surface area contributed by atoms with E-state index >= 15 is 0 Å². The van der Waals surface area contributed by atoms with E-state index in [1.54, 1.807) is 0 Å². The number of hydrogen-bond donors (Lipinski definition) is 2. The first-order valence-corrected chi connectivity index (χ1v) is 3.95. The number of rotatable bonds is 4. The minimum absolute atomic E-state index is 0.806. The van der Waals surface area contributed by atoms with E-state index in [1.807, 2.05) is 0 Å². The van der Waals surface area contributed by atoms with Gasteiger partial charge < -0.3 is 10.4 Å². The lowest BCUT2D eigenvalue weighted by atomic mass is 10.2. The van der Waals surface area contributed by atoms with Crippen molar-refractivity contribution < 1.29 is 36.6 Å². The lowest BCUT2D eigenvalue weighted by Gasteiger charge is -2.19. The van der Waals surface area contributed by atoms with Crippen LogP contribution in [0.2, 0.25) is 0 Å². The van der Waals surface area contributed by atoms with Crippen molar-refractivity contribution >= 4 is 11.9 Å². The lowest BCUT2D eigenvalue weighted by Crippen LogP contribution is -2.51. The maximum Gasteiger partial charge on any atom is 0.463 e. The van der Waals surface area contributed by atoms with Gasteiger partial charge in [0.05, 0.1) is 5.92 Å². The molecule has 1 atom stereocenters. The number of amides is 1. The Morgan fingerprint density at radius 2 is 1.69 bits per heavy atom. The predicted molar refractivity (Wildman–Crippen MR) is 40.8 cm³/mol. The van der Waals surface area contributed by atoms with Crippen molar-refractivity contribution in [2.75, 3.05) is 6.54 Å². The number of carbonyl (C=O) groups excluding carboxylic acids is 1. The standard InChI is InChI=1S/C7H8F5NO3/c1-3(4(14)15)2-13-5(16)6(8,9)7(10,11)12/h3H,2H2,1H3,(H,13,16)(H,14,15). The number of nitrogens with one attached hydrogen (secondary N) is 1. The molecule has 0 bridgehead atoms. The van der Waals surface area contributed by atoms with Crippen LogP contribution in [0.1, 0.15) is 6.92 Å². The Labute approximate surface area is 86.4 Å². The van der Waals surface area contributed by atoms with Gasteiger partial charge in [-0.15, -0.1) is 0 Å². The predicted octanol–water partition coefficient (Wildman–Crippen LogP) is 1.02. The van der Waals surface area contributed by atoms with Gasteiger partial charge >= 0.3 is 18.1 Å². The zero-order valence-electron chi connectivity index (χ0n) is 7.94. The van der Waals surface area contributed by atoms with Crippen LogP contribution in [-0.2, 0) is 9.59 Å². The molecular weight excluding hydrogens is 241 g/mol. The molecule has 9 heteroatoms. The molecule has 0 rings (SSSR count). The average Bonchev–Trinajstić information content (AvgIpc) is 2.11. The molecule has 16 heavy (non-hydrogen) atoms. The topological polar surface area (TPSA) is 66.4 Å². The molecule has 0 fully saturated rings. The fourth-order valence-corrected chi connectivity index (χ4v) is 0.573. The molecule has 0 aliphatic rings. The van der Waals surface area contributed by atoms with E-state index in [0.717, 1.165) is 6.92 Å². The molecule has 2 N–H and O–H groups in total. The van der Waals surface area contributed by atoms with Crippen molar-refractivity contribution in [1.29, 1.82) is 0 Å². The van der Waals surface area contributed by atoms with E-state index in [-0.39, 0.29) is 0 Å². The first kappa shape index (κ1) is 14.6. The minimum Gasteiger partial charge on any atom is -0.481 e. The minimum atomic E-state index is -6.00. The molecule has 0 aromatic heterocycles. The van der Waals surface area contributed by atoms with Crippen molar-refractivity contribution in [1.82, 2.24) is 5.32 Å². The second-order valence-electron chi connectivity index (χ2n) is 3.02. The van der Waals surface area contributed by atoms with Crippen LogP contribution in [0, 0.1) is 5.92 Å². The van der Waals surface area contributed by atoms with Crippen LogP contribution in [0.4, 0.5) is 22.0 Å². The van der Waals surface area contributed by atoms with Gasteiger partial charge in [-0.2, -0.15) is 22.0 Å². The fraction of sp³-hybridized carbons (Fsp3) is 0.714. The number of hydrogen-bond acceptors (Lipinski definition) is 2. The zero-order valence-corrected chi connectivity index (χ0v) is 7.94. The molecule has 0 saturated carbocycles. The number of alkyl halides is 5. The van der Waals surface area contributed by atoms with Crippen LogP contribution in [-0.4, -0.2) is 35.6 Å². The van der Waals surface area contributed by atoms with Crippen molar-refractivity contribution in [2.24, 2.45) is 5.92 Å². The van der Waals surface area contributed by atoms with Crippen LogP contribution in [0.15, 0.2) is 0 Å². The second kappa shape index (κ2) is 4.62. The number of carboxylic acids is 1. The van der Waals surface area contributed by atoms with Gasteiger partial charge in [0.25, 0.3) is 5.91 Å². The summed E-state index contributed by atoms with van der Waals surface area (Å²) in [5.74, 6) is -10.8. The number of halogens is 5. The van der Waals surface area contributed by atoms with Crippen molar-refractivity contribution in [3.8, 4) is 0 Å². The van der Waals surface area contributed by atoms with E-state index in [1.165, 1.54) is 5.32 Å². The largest absolute Gasteiger partial charge is 0.481 e. The molecule has 4 nitrogen and oxygen atoms in total. The average molecular weight is 249 g/mol. The van der Waals surface area contributed by atoms with E-state index < -0.39 is 36.4 Å². The van der Waals surface area contributed by atoms with E-state index in [4.69, 9.17) is 5.11 Å². The highest BCUT2D eigenvalue weighted by Crippen LogP contribution is 2.35. The Bertz CT molecular complexity index is 288. The zero-order chi connectivity index (χ0) is 13.1. The van der Waals surface area contributed by atoms with Crippen LogP contribution in [0.25, 0.3) is 0 Å². The summed E-state index contributed by atoms with van der Waals surface area (Å²) in [4.78, 5) is 20.7. The molecule has 1 amide bonds. The van der Waals surface area contributed by atoms with Gasteiger partial charge in [0.2, 0.25) is 0 Å². The third kappa shape index (κ3) is 3.31. The van der Waals surface area contributed by atoms with Gasteiger partial charge in [0.1, 0.15) is 0 Å². The maximum absolute atomic E-state index is 12.3. The van der Waals surface area contributed by atoms with Crippen molar-refractivity contribution in [3.05, 3.63) is 0 Å². The van der Waals surface area contributed by atoms with E-state index in [2.05, 4.69) is 0 Å². The van der Waals surface area contributed by atoms with Crippen LogP contribution in [0.5, 0.6) is 0 Å². The summed E-state index contributed by atoms with van der Waals surface area (Å²) in [6.45, 7) is 0.244. The highest BCUT2D eigenvalue weighted by molar-refractivity contribution is 5.84. The third-order valence-corrected chi connectivity index (χ3v) is 1.63. The molecule has 0 heterocycles. The summed E-state index contributed by atoms with van der Waals surface area (Å²) < 4.78 is 59.5. The first-order chi connectivity index (χ1) is 7.00. The van der Waals surface area contributed by atoms with E-state index in [9.17, 15) is 31.5 Å². The lowest BCUT2D eigenvalue weighted by molar-refractivity contribution is -0.269. The third-order valence-electron chi connectivity index (χ3n) is 1.63. The molecule has 0 radical (unpaired) electrons. The smallest absolute Gasteiger partial charge is 0.463 e. The van der Waals surface area contributed by atoms with Gasteiger partial charge in [0.15, 0.2) is 0 Å². The molecule has 0 aliphatic heterocycles. The Morgan fingerprint density at radius 3 is 2.00 bits per heavy atom. The molecule has 0 saturated heterocycles. The SMILES string of the molecule is CC(CNC(=O)C(F)(F)C(F)(F)F)C(=O)O. The van der Waals surface area contributed by atoms with Gasteiger partial charge in [-0.3, -0.25) is 9.59 Å². The number of aliphatic carboxylic acids is 1. The van der Waals surface area contributed by atoms with Gasteiger partial charge in [0, 0.05) is 6.54 Å². The Hall–Kier alpha value is -1.41. The Morgan fingerprint density at radius 1 is 1.25 bits per heavy atom. The fourth-order valence-electron chi connectivity index (χ4n) is 0.573. The van der Waals surface area contributed by atoms with Crippen molar-refractivity contribution in [2.45, 2.75) is 19.0 Å². The first-order valence-electron chi connectivity index (χ1n) is 3.95. The molecule has 0 aromatic rings. The summed E-state index contributed by atoms with van der Waals surface area (Å²) in [5, 5.41) is 9.52. The normalized spacial score (nSPS) is 14.4. The van der Waals surface area contributed by atoms with Crippen LogP contribution >= 0.6 is 0 Å².